The van der Waals surface area contributed by atoms with E-state index in [1.54, 1.807) is 0 Å². The molecule has 0 bridgehead atoms. The van der Waals surface area contributed by atoms with E-state index in [4.69, 9.17) is 0 Å². The van der Waals surface area contributed by atoms with Crippen LogP contribution in [-0.4, -0.2) is 23.5 Å². The molecule has 0 aromatic heterocycles. The minimum absolute atomic E-state index is 0.812. The lowest BCUT2D eigenvalue weighted by Crippen LogP contribution is -2.34. The van der Waals surface area contributed by atoms with Gasteiger partial charge in [0.2, 0.25) is 0 Å². The molecule has 3 unspecified atom stereocenters. The van der Waals surface area contributed by atoms with Crippen molar-refractivity contribution in [2.24, 2.45) is 5.92 Å². The average Bonchev–Trinajstić information content (AvgIpc) is 2.38. The molecule has 0 amide bonds. The van der Waals surface area contributed by atoms with Crippen LogP contribution in [0, 0.1) is 5.92 Å². The Balaban J connectivity index is 2.22. The SMILES string of the molecule is CCCCCCN1C(C)CC(C)C1C. The Morgan fingerprint density at radius 1 is 1.07 bits per heavy atom. The Bertz CT molecular complexity index is 155. The molecule has 3 atom stereocenters. The van der Waals surface area contributed by atoms with Gasteiger partial charge in [-0.25, -0.2) is 0 Å². The minimum atomic E-state index is 0.812. The summed E-state index contributed by atoms with van der Waals surface area (Å²) in [5.74, 6) is 0.899. The monoisotopic (exact) mass is 197 g/mol. The van der Waals surface area contributed by atoms with Crippen molar-refractivity contribution in [1.29, 1.82) is 0 Å². The maximum absolute atomic E-state index is 2.71. The third-order valence-electron chi connectivity index (χ3n) is 3.90. The largest absolute Gasteiger partial charge is 0.298 e. The van der Waals surface area contributed by atoms with Crippen molar-refractivity contribution in [3.8, 4) is 0 Å². The first-order valence-electron chi connectivity index (χ1n) is 6.42. The molecule has 0 radical (unpaired) electrons. The van der Waals surface area contributed by atoms with Crippen LogP contribution in [-0.2, 0) is 0 Å². The van der Waals surface area contributed by atoms with Crippen LogP contribution in [0.3, 0.4) is 0 Å². The standard InChI is InChI=1S/C13H27N/c1-5-6-7-8-9-14-12(3)10-11(2)13(14)4/h11-13H,5-10H2,1-4H3. The van der Waals surface area contributed by atoms with Gasteiger partial charge < -0.3 is 0 Å². The van der Waals surface area contributed by atoms with Crippen LogP contribution in [0.2, 0.25) is 0 Å². The average molecular weight is 197 g/mol. The van der Waals surface area contributed by atoms with E-state index in [2.05, 4.69) is 32.6 Å². The molecular weight excluding hydrogens is 170 g/mol. The number of hydrogen-bond donors (Lipinski definition) is 0. The number of hydrogen-bond acceptors (Lipinski definition) is 1. The molecule has 1 aliphatic heterocycles. The van der Waals surface area contributed by atoms with Gasteiger partial charge in [-0.15, -0.1) is 0 Å². The Hall–Kier alpha value is -0.0400. The van der Waals surface area contributed by atoms with Crippen molar-refractivity contribution in [3.63, 3.8) is 0 Å². The Morgan fingerprint density at radius 2 is 1.79 bits per heavy atom. The molecule has 0 N–H and O–H groups in total. The van der Waals surface area contributed by atoms with Crippen molar-refractivity contribution in [2.45, 2.75) is 71.9 Å². The van der Waals surface area contributed by atoms with Gasteiger partial charge in [0.25, 0.3) is 0 Å². The van der Waals surface area contributed by atoms with Crippen molar-refractivity contribution in [2.75, 3.05) is 6.54 Å². The minimum Gasteiger partial charge on any atom is -0.298 e. The molecule has 1 aliphatic rings. The Kier molecular flexibility index (Phi) is 4.94. The van der Waals surface area contributed by atoms with Crippen molar-refractivity contribution in [3.05, 3.63) is 0 Å². The quantitative estimate of drug-likeness (QED) is 0.608. The smallest absolute Gasteiger partial charge is 0.00959 e. The molecule has 1 heteroatoms. The zero-order valence-electron chi connectivity index (χ0n) is 10.4. The van der Waals surface area contributed by atoms with E-state index in [1.807, 2.05) is 0 Å². The van der Waals surface area contributed by atoms with Gasteiger partial charge in [0, 0.05) is 12.1 Å². The summed E-state index contributed by atoms with van der Waals surface area (Å²) in [6.45, 7) is 10.8. The highest BCUT2D eigenvalue weighted by molar-refractivity contribution is 4.86. The molecule has 1 nitrogen and oxygen atoms in total. The van der Waals surface area contributed by atoms with Crippen LogP contribution in [0.15, 0.2) is 0 Å². The van der Waals surface area contributed by atoms with Gasteiger partial charge in [-0.1, -0.05) is 33.1 Å². The lowest BCUT2D eigenvalue weighted by molar-refractivity contribution is 0.198. The fourth-order valence-corrected chi connectivity index (χ4v) is 2.74. The highest BCUT2D eigenvalue weighted by Gasteiger charge is 2.32. The molecular formula is C13H27N. The molecule has 14 heavy (non-hydrogen) atoms. The fourth-order valence-electron chi connectivity index (χ4n) is 2.74. The van der Waals surface area contributed by atoms with Crippen molar-refractivity contribution in [1.82, 2.24) is 4.90 Å². The molecule has 84 valence electrons. The molecule has 1 saturated heterocycles. The first kappa shape index (κ1) is 12.0. The number of nitrogens with zero attached hydrogens (tertiary/aromatic N) is 1. The normalized spacial score (nSPS) is 33.9. The van der Waals surface area contributed by atoms with Gasteiger partial charge in [0.05, 0.1) is 0 Å². The van der Waals surface area contributed by atoms with E-state index in [9.17, 15) is 0 Å². The van der Waals surface area contributed by atoms with E-state index in [0.29, 0.717) is 0 Å². The molecule has 0 saturated carbocycles. The van der Waals surface area contributed by atoms with Gasteiger partial charge in [-0.2, -0.15) is 0 Å². The number of rotatable bonds is 5. The van der Waals surface area contributed by atoms with Gasteiger partial charge in [-0.3, -0.25) is 4.90 Å². The highest BCUT2D eigenvalue weighted by atomic mass is 15.2. The van der Waals surface area contributed by atoms with Crippen LogP contribution in [0.5, 0.6) is 0 Å². The van der Waals surface area contributed by atoms with Crippen molar-refractivity contribution < 1.29 is 0 Å². The Labute approximate surface area is 89.9 Å². The fraction of sp³-hybridized carbons (Fsp3) is 1.00. The second-order valence-corrected chi connectivity index (χ2v) is 5.10. The maximum atomic E-state index is 2.71. The van der Waals surface area contributed by atoms with Gasteiger partial charge >= 0.3 is 0 Å². The molecule has 1 rings (SSSR count). The highest BCUT2D eigenvalue weighted by Crippen LogP contribution is 2.29. The van der Waals surface area contributed by atoms with E-state index in [-0.39, 0.29) is 0 Å². The van der Waals surface area contributed by atoms with Crippen LogP contribution in [0.25, 0.3) is 0 Å². The maximum Gasteiger partial charge on any atom is 0.00959 e. The van der Waals surface area contributed by atoms with Crippen molar-refractivity contribution >= 4 is 0 Å². The van der Waals surface area contributed by atoms with Crippen LogP contribution >= 0.6 is 0 Å². The zero-order valence-corrected chi connectivity index (χ0v) is 10.4. The van der Waals surface area contributed by atoms with E-state index in [0.717, 1.165) is 18.0 Å². The molecule has 0 spiro atoms. The van der Waals surface area contributed by atoms with Crippen LogP contribution < -0.4 is 0 Å². The predicted molar refractivity (Wildman–Crippen MR) is 63.6 cm³/mol. The second kappa shape index (κ2) is 5.75. The lowest BCUT2D eigenvalue weighted by Gasteiger charge is -2.26. The summed E-state index contributed by atoms with van der Waals surface area (Å²) >= 11 is 0. The van der Waals surface area contributed by atoms with E-state index >= 15 is 0 Å². The van der Waals surface area contributed by atoms with Gasteiger partial charge in [0.1, 0.15) is 0 Å². The Morgan fingerprint density at radius 3 is 2.29 bits per heavy atom. The predicted octanol–water partition coefficient (Wildman–Crippen LogP) is 3.69. The van der Waals surface area contributed by atoms with Crippen LogP contribution in [0.1, 0.15) is 59.8 Å². The topological polar surface area (TPSA) is 3.24 Å². The van der Waals surface area contributed by atoms with Crippen LogP contribution in [0.4, 0.5) is 0 Å². The summed E-state index contributed by atoms with van der Waals surface area (Å²) < 4.78 is 0. The summed E-state index contributed by atoms with van der Waals surface area (Å²) in [6.07, 6.45) is 6.97. The number of likely N-dealkylation sites (tertiary alicyclic amines) is 1. The molecule has 1 heterocycles. The van der Waals surface area contributed by atoms with Gasteiger partial charge in [-0.05, 0) is 39.2 Å². The molecule has 0 aromatic rings. The summed E-state index contributed by atoms with van der Waals surface area (Å²) in [5.41, 5.74) is 0. The molecule has 1 fully saturated rings. The van der Waals surface area contributed by atoms with Gasteiger partial charge in [0.15, 0.2) is 0 Å². The summed E-state index contributed by atoms with van der Waals surface area (Å²) in [5, 5.41) is 0. The van der Waals surface area contributed by atoms with E-state index in [1.165, 1.54) is 38.6 Å². The first-order valence-corrected chi connectivity index (χ1v) is 6.42. The molecule has 0 aliphatic carbocycles. The lowest BCUT2D eigenvalue weighted by atomic mass is 10.0. The summed E-state index contributed by atoms with van der Waals surface area (Å²) in [4.78, 5) is 2.71. The summed E-state index contributed by atoms with van der Waals surface area (Å²) in [7, 11) is 0. The second-order valence-electron chi connectivity index (χ2n) is 5.10. The molecule has 0 aromatic carbocycles. The van der Waals surface area contributed by atoms with E-state index < -0.39 is 0 Å². The first-order chi connectivity index (χ1) is 6.66. The third kappa shape index (κ3) is 2.98. The zero-order chi connectivity index (χ0) is 10.6. The summed E-state index contributed by atoms with van der Waals surface area (Å²) in [6, 6.07) is 1.63. The third-order valence-corrected chi connectivity index (χ3v) is 3.90. The number of unbranched alkanes of at least 4 members (excludes halogenated alkanes) is 3.